The van der Waals surface area contributed by atoms with Gasteiger partial charge in [-0.05, 0) is 6.42 Å². The minimum atomic E-state index is -1.20. The summed E-state index contributed by atoms with van der Waals surface area (Å²) in [5, 5.41) is 17.3. The smallest absolute Gasteiger partial charge is 0.323 e. The van der Waals surface area contributed by atoms with E-state index in [2.05, 4.69) is 6.92 Å². The second-order valence-electron chi connectivity index (χ2n) is 4.91. The number of carbonyl (C=O) groups excluding carboxylic acids is 1. The van der Waals surface area contributed by atoms with E-state index in [9.17, 15) is 14.4 Å². The van der Waals surface area contributed by atoms with Crippen LogP contribution in [0.5, 0.6) is 0 Å². The summed E-state index contributed by atoms with van der Waals surface area (Å²) in [4.78, 5) is 33.8. The van der Waals surface area contributed by atoms with Crippen LogP contribution < -0.4 is 0 Å². The van der Waals surface area contributed by atoms with E-state index in [4.69, 9.17) is 10.2 Å². The van der Waals surface area contributed by atoms with Gasteiger partial charge in [0.1, 0.15) is 13.1 Å². The Balaban J connectivity index is 3.89. The lowest BCUT2D eigenvalue weighted by Gasteiger charge is -2.18. The molecule has 0 radical (unpaired) electrons. The van der Waals surface area contributed by atoms with Crippen molar-refractivity contribution in [2.24, 2.45) is 0 Å². The van der Waals surface area contributed by atoms with Gasteiger partial charge in [0.15, 0.2) is 0 Å². The van der Waals surface area contributed by atoms with Crippen molar-refractivity contribution in [1.29, 1.82) is 0 Å². The molecular weight excluding hydrogens is 262 g/mol. The maximum atomic E-state index is 11.7. The van der Waals surface area contributed by atoms with Gasteiger partial charge in [0.25, 0.3) is 0 Å². The van der Waals surface area contributed by atoms with Crippen LogP contribution in [0.2, 0.25) is 0 Å². The third kappa shape index (κ3) is 10.3. The first kappa shape index (κ1) is 18.4. The largest absolute Gasteiger partial charge is 0.480 e. The van der Waals surface area contributed by atoms with Crippen molar-refractivity contribution in [3.63, 3.8) is 0 Å². The third-order valence-corrected chi connectivity index (χ3v) is 3.00. The molecule has 0 rings (SSSR count). The zero-order chi connectivity index (χ0) is 15.4. The van der Waals surface area contributed by atoms with E-state index in [-0.39, 0.29) is 6.42 Å². The van der Waals surface area contributed by atoms with Crippen molar-refractivity contribution in [1.82, 2.24) is 4.90 Å². The number of unbranched alkanes of at least 4 members (excludes halogenated alkanes) is 6. The molecule has 0 aromatic heterocycles. The number of rotatable bonds is 12. The molecule has 0 fully saturated rings. The molecule has 0 spiro atoms. The summed E-state index contributed by atoms with van der Waals surface area (Å²) >= 11 is 0. The van der Waals surface area contributed by atoms with Crippen LogP contribution in [0.1, 0.15) is 58.3 Å². The summed E-state index contributed by atoms with van der Waals surface area (Å²) in [6.07, 6.45) is 7.65. The minimum absolute atomic E-state index is 0.217. The molecule has 0 aromatic rings. The second-order valence-corrected chi connectivity index (χ2v) is 4.91. The Hall–Kier alpha value is -1.59. The minimum Gasteiger partial charge on any atom is -0.480 e. The summed E-state index contributed by atoms with van der Waals surface area (Å²) in [6.45, 7) is 1.04. The van der Waals surface area contributed by atoms with Crippen LogP contribution >= 0.6 is 0 Å². The molecule has 0 unspecified atom stereocenters. The number of carboxylic acid groups (broad SMARTS) is 2. The van der Waals surface area contributed by atoms with E-state index in [1.54, 1.807) is 0 Å². The number of carboxylic acids is 2. The molecule has 0 atom stereocenters. The lowest BCUT2D eigenvalue weighted by Crippen LogP contribution is -2.39. The highest BCUT2D eigenvalue weighted by Gasteiger charge is 2.18. The molecule has 0 aliphatic rings. The Morgan fingerprint density at radius 2 is 1.25 bits per heavy atom. The Morgan fingerprint density at radius 1 is 0.800 bits per heavy atom. The van der Waals surface area contributed by atoms with E-state index < -0.39 is 30.9 Å². The SMILES string of the molecule is CCCCCCCCCC(=O)N(CC(=O)O)CC(=O)O. The fraction of sp³-hybridized carbons (Fsp3) is 0.786. The summed E-state index contributed by atoms with van der Waals surface area (Å²) in [5.41, 5.74) is 0. The first-order valence-corrected chi connectivity index (χ1v) is 7.18. The van der Waals surface area contributed by atoms with Gasteiger partial charge in [-0.2, -0.15) is 0 Å². The molecule has 0 heterocycles. The summed E-state index contributed by atoms with van der Waals surface area (Å²) < 4.78 is 0. The first-order valence-electron chi connectivity index (χ1n) is 7.18. The molecule has 20 heavy (non-hydrogen) atoms. The van der Waals surface area contributed by atoms with E-state index in [0.717, 1.165) is 24.2 Å². The van der Waals surface area contributed by atoms with Gasteiger partial charge in [0.2, 0.25) is 5.91 Å². The highest BCUT2D eigenvalue weighted by Crippen LogP contribution is 2.09. The highest BCUT2D eigenvalue weighted by molar-refractivity contribution is 5.85. The van der Waals surface area contributed by atoms with Crippen molar-refractivity contribution in [3.8, 4) is 0 Å². The fourth-order valence-corrected chi connectivity index (χ4v) is 1.95. The number of aliphatic carboxylic acids is 2. The molecule has 1 amide bonds. The van der Waals surface area contributed by atoms with Gasteiger partial charge in [-0.15, -0.1) is 0 Å². The molecule has 0 saturated heterocycles. The Kier molecular flexibility index (Phi) is 10.4. The molecule has 2 N–H and O–H groups in total. The Bertz CT molecular complexity index is 301. The average molecular weight is 287 g/mol. The van der Waals surface area contributed by atoms with Gasteiger partial charge in [-0.1, -0.05) is 45.4 Å². The quantitative estimate of drug-likeness (QED) is 0.536. The summed E-state index contributed by atoms with van der Waals surface area (Å²) in [6, 6.07) is 0. The lowest BCUT2D eigenvalue weighted by molar-refractivity contribution is -0.149. The number of hydrogen-bond acceptors (Lipinski definition) is 3. The summed E-state index contributed by atoms with van der Waals surface area (Å²) in [5.74, 6) is -2.79. The van der Waals surface area contributed by atoms with Crippen LogP contribution in [0, 0.1) is 0 Å². The summed E-state index contributed by atoms with van der Waals surface area (Å²) in [7, 11) is 0. The van der Waals surface area contributed by atoms with Gasteiger partial charge in [0.05, 0.1) is 0 Å². The van der Waals surface area contributed by atoms with Gasteiger partial charge in [0, 0.05) is 6.42 Å². The third-order valence-electron chi connectivity index (χ3n) is 3.00. The maximum Gasteiger partial charge on any atom is 0.323 e. The van der Waals surface area contributed by atoms with Crippen LogP contribution in [0.15, 0.2) is 0 Å². The lowest BCUT2D eigenvalue weighted by atomic mass is 10.1. The molecule has 116 valence electrons. The predicted molar refractivity (Wildman–Crippen MR) is 74.5 cm³/mol. The van der Waals surface area contributed by atoms with Crippen LogP contribution in [0.4, 0.5) is 0 Å². The van der Waals surface area contributed by atoms with Crippen LogP contribution in [0.25, 0.3) is 0 Å². The van der Waals surface area contributed by atoms with Gasteiger partial charge in [-0.25, -0.2) is 0 Å². The van der Waals surface area contributed by atoms with Crippen molar-refractivity contribution < 1.29 is 24.6 Å². The van der Waals surface area contributed by atoms with Gasteiger partial charge < -0.3 is 15.1 Å². The molecule has 6 heteroatoms. The van der Waals surface area contributed by atoms with Crippen LogP contribution in [-0.4, -0.2) is 46.0 Å². The van der Waals surface area contributed by atoms with E-state index in [0.29, 0.717) is 6.42 Å². The van der Waals surface area contributed by atoms with Gasteiger partial charge in [-0.3, -0.25) is 14.4 Å². The zero-order valence-corrected chi connectivity index (χ0v) is 12.1. The monoisotopic (exact) mass is 287 g/mol. The van der Waals surface area contributed by atoms with Crippen molar-refractivity contribution >= 4 is 17.8 Å². The molecule has 0 aliphatic heterocycles. The number of carbonyl (C=O) groups is 3. The van der Waals surface area contributed by atoms with Crippen LogP contribution in [-0.2, 0) is 14.4 Å². The molecular formula is C14H25NO5. The number of hydrogen-bond donors (Lipinski definition) is 2. The predicted octanol–water partition coefficient (Wildman–Crippen LogP) is 2.12. The van der Waals surface area contributed by atoms with Crippen molar-refractivity contribution in [3.05, 3.63) is 0 Å². The zero-order valence-electron chi connectivity index (χ0n) is 12.1. The van der Waals surface area contributed by atoms with Crippen LogP contribution in [0.3, 0.4) is 0 Å². The Morgan fingerprint density at radius 3 is 1.70 bits per heavy atom. The second kappa shape index (κ2) is 11.3. The van der Waals surface area contributed by atoms with Gasteiger partial charge >= 0.3 is 11.9 Å². The number of amides is 1. The molecule has 0 aromatic carbocycles. The Labute approximate surface area is 119 Å². The van der Waals surface area contributed by atoms with E-state index >= 15 is 0 Å². The molecule has 0 aliphatic carbocycles. The molecule has 6 nitrogen and oxygen atoms in total. The topological polar surface area (TPSA) is 94.9 Å². The van der Waals surface area contributed by atoms with E-state index in [1.807, 2.05) is 0 Å². The number of nitrogens with zero attached hydrogens (tertiary/aromatic N) is 1. The van der Waals surface area contributed by atoms with E-state index in [1.165, 1.54) is 19.3 Å². The maximum absolute atomic E-state index is 11.7. The fourth-order valence-electron chi connectivity index (χ4n) is 1.95. The first-order chi connectivity index (χ1) is 9.47. The van der Waals surface area contributed by atoms with Crippen molar-refractivity contribution in [2.75, 3.05) is 13.1 Å². The average Bonchev–Trinajstić information content (AvgIpc) is 2.35. The normalized spacial score (nSPS) is 10.2. The molecule has 0 bridgehead atoms. The molecule has 0 saturated carbocycles. The standard InChI is InChI=1S/C14H25NO5/c1-2-3-4-5-6-7-8-9-12(16)15(10-13(17)18)11-14(19)20/h2-11H2,1H3,(H,17,18)(H,19,20). The highest BCUT2D eigenvalue weighted by atomic mass is 16.4. The van der Waals surface area contributed by atoms with Crippen molar-refractivity contribution in [2.45, 2.75) is 58.3 Å².